The number of halogens is 1. The van der Waals surface area contributed by atoms with Crippen molar-refractivity contribution < 1.29 is 9.69 Å². The van der Waals surface area contributed by atoms with Gasteiger partial charge in [0.25, 0.3) is 0 Å². The number of hydrogen-bond donors (Lipinski definition) is 1. The first-order chi connectivity index (χ1) is 9.52. The minimum absolute atomic E-state index is 0.0601. The number of piperazine rings is 1. The highest BCUT2D eigenvalue weighted by molar-refractivity contribution is 6.27. The van der Waals surface area contributed by atoms with Gasteiger partial charge in [-0.1, -0.05) is 23.8 Å². The summed E-state index contributed by atoms with van der Waals surface area (Å²) in [5.41, 5.74) is 4.10. The van der Waals surface area contributed by atoms with Crippen LogP contribution in [0.3, 0.4) is 0 Å². The molecule has 0 aromatic heterocycles. The van der Waals surface area contributed by atoms with E-state index in [2.05, 4.69) is 39.0 Å². The number of nitrogens with zero attached hydrogens (tertiary/aromatic N) is 1. The first-order valence-corrected chi connectivity index (χ1v) is 7.82. The molecule has 1 fully saturated rings. The number of amides is 1. The lowest BCUT2D eigenvalue weighted by Crippen LogP contribution is -3.14. The van der Waals surface area contributed by atoms with Gasteiger partial charge in [0.2, 0.25) is 5.91 Å². The molecule has 110 valence electrons. The van der Waals surface area contributed by atoms with Gasteiger partial charge in [-0.15, -0.1) is 11.6 Å². The van der Waals surface area contributed by atoms with Crippen LogP contribution in [0.4, 0.5) is 0 Å². The Morgan fingerprint density at radius 1 is 1.35 bits per heavy atom. The SMILES string of the molecule is Cc1ccc([C@@H](C)[NH+]2CCN(C(=O)CCl)CC2)c(C)c1. The molecule has 4 heteroatoms. The van der Waals surface area contributed by atoms with Crippen molar-refractivity contribution in [2.45, 2.75) is 26.8 Å². The molecule has 0 spiro atoms. The Morgan fingerprint density at radius 3 is 2.55 bits per heavy atom. The van der Waals surface area contributed by atoms with E-state index in [0.717, 1.165) is 26.2 Å². The Morgan fingerprint density at radius 2 is 2.00 bits per heavy atom. The molecule has 2 rings (SSSR count). The second-order valence-electron chi connectivity index (χ2n) is 5.75. The average molecular weight is 296 g/mol. The molecule has 1 aliphatic heterocycles. The van der Waals surface area contributed by atoms with E-state index in [1.54, 1.807) is 4.90 Å². The molecular weight excluding hydrogens is 272 g/mol. The minimum atomic E-state index is 0.0601. The van der Waals surface area contributed by atoms with Crippen LogP contribution in [0, 0.1) is 13.8 Å². The fraction of sp³-hybridized carbons (Fsp3) is 0.562. The summed E-state index contributed by atoms with van der Waals surface area (Å²) in [5, 5.41) is 0. The number of carbonyl (C=O) groups is 1. The van der Waals surface area contributed by atoms with Gasteiger partial charge >= 0.3 is 0 Å². The summed E-state index contributed by atoms with van der Waals surface area (Å²) >= 11 is 5.62. The van der Waals surface area contributed by atoms with E-state index in [1.807, 2.05) is 4.90 Å². The third-order valence-electron chi connectivity index (χ3n) is 4.38. The van der Waals surface area contributed by atoms with Crippen LogP contribution in [0.25, 0.3) is 0 Å². The lowest BCUT2D eigenvalue weighted by atomic mass is 9.99. The van der Waals surface area contributed by atoms with Crippen LogP contribution in [0.5, 0.6) is 0 Å². The molecule has 0 bridgehead atoms. The molecule has 0 radical (unpaired) electrons. The highest BCUT2D eigenvalue weighted by atomic mass is 35.5. The predicted octanol–water partition coefficient (Wildman–Crippen LogP) is 1.33. The van der Waals surface area contributed by atoms with Gasteiger partial charge in [0, 0.05) is 5.56 Å². The van der Waals surface area contributed by atoms with Crippen molar-refractivity contribution in [3.8, 4) is 0 Å². The summed E-state index contributed by atoms with van der Waals surface area (Å²) < 4.78 is 0. The number of alkyl halides is 1. The number of carbonyl (C=O) groups excluding carboxylic acids is 1. The van der Waals surface area contributed by atoms with E-state index in [4.69, 9.17) is 11.6 Å². The van der Waals surface area contributed by atoms with Gasteiger partial charge in [-0.2, -0.15) is 0 Å². The Labute approximate surface area is 126 Å². The lowest BCUT2D eigenvalue weighted by molar-refractivity contribution is -0.933. The molecule has 0 saturated carbocycles. The fourth-order valence-electron chi connectivity index (χ4n) is 3.09. The van der Waals surface area contributed by atoms with Gasteiger partial charge in [-0.05, 0) is 26.3 Å². The number of nitrogens with one attached hydrogen (secondary N) is 1. The first kappa shape index (κ1) is 15.3. The third-order valence-corrected chi connectivity index (χ3v) is 4.61. The van der Waals surface area contributed by atoms with Crippen molar-refractivity contribution in [2.75, 3.05) is 32.1 Å². The monoisotopic (exact) mass is 295 g/mol. The van der Waals surface area contributed by atoms with E-state index in [0.29, 0.717) is 6.04 Å². The molecule has 1 atom stereocenters. The summed E-state index contributed by atoms with van der Waals surface area (Å²) in [5.74, 6) is 0.159. The molecule has 3 nitrogen and oxygen atoms in total. The average Bonchev–Trinajstić information content (AvgIpc) is 2.46. The molecular formula is C16H24ClN2O+. The molecule has 0 aliphatic carbocycles. The van der Waals surface area contributed by atoms with Crippen LogP contribution >= 0.6 is 11.6 Å². The Bertz CT molecular complexity index is 481. The maximum Gasteiger partial charge on any atom is 0.237 e. The number of benzene rings is 1. The number of hydrogen-bond acceptors (Lipinski definition) is 1. The maximum absolute atomic E-state index is 11.6. The second kappa shape index (κ2) is 6.59. The van der Waals surface area contributed by atoms with Gasteiger partial charge in [-0.25, -0.2) is 0 Å². The fourth-order valence-corrected chi connectivity index (χ4v) is 3.26. The Kier molecular flexibility index (Phi) is 5.06. The van der Waals surface area contributed by atoms with Crippen LogP contribution in [0.1, 0.15) is 29.7 Å². The summed E-state index contributed by atoms with van der Waals surface area (Å²) in [6, 6.07) is 7.16. The number of quaternary nitrogens is 1. The third kappa shape index (κ3) is 3.33. The quantitative estimate of drug-likeness (QED) is 0.836. The normalized spacial score (nSPS) is 18.1. The molecule has 1 heterocycles. The summed E-state index contributed by atoms with van der Waals surface area (Å²) in [7, 11) is 0. The van der Waals surface area contributed by atoms with Crippen LogP contribution in [-0.2, 0) is 4.79 Å². The molecule has 1 aromatic carbocycles. The van der Waals surface area contributed by atoms with E-state index in [-0.39, 0.29) is 11.8 Å². The zero-order chi connectivity index (χ0) is 14.7. The zero-order valence-corrected chi connectivity index (χ0v) is 13.3. The Hall–Kier alpha value is -1.06. The number of rotatable bonds is 3. The smallest absolute Gasteiger partial charge is 0.237 e. The van der Waals surface area contributed by atoms with Gasteiger partial charge in [-0.3, -0.25) is 4.79 Å². The predicted molar refractivity (Wildman–Crippen MR) is 82.3 cm³/mol. The van der Waals surface area contributed by atoms with Crippen LogP contribution in [0.2, 0.25) is 0 Å². The lowest BCUT2D eigenvalue weighted by Gasteiger charge is -2.35. The number of aryl methyl sites for hydroxylation is 2. The topological polar surface area (TPSA) is 24.8 Å². The van der Waals surface area contributed by atoms with E-state index in [9.17, 15) is 4.79 Å². The summed E-state index contributed by atoms with van der Waals surface area (Å²) in [4.78, 5) is 15.0. The van der Waals surface area contributed by atoms with E-state index < -0.39 is 0 Å². The van der Waals surface area contributed by atoms with E-state index in [1.165, 1.54) is 16.7 Å². The Balaban J connectivity index is 2.01. The first-order valence-electron chi connectivity index (χ1n) is 7.28. The largest absolute Gasteiger partial charge is 0.330 e. The van der Waals surface area contributed by atoms with Crippen molar-refractivity contribution in [3.05, 3.63) is 34.9 Å². The zero-order valence-electron chi connectivity index (χ0n) is 12.6. The van der Waals surface area contributed by atoms with E-state index >= 15 is 0 Å². The summed E-state index contributed by atoms with van der Waals surface area (Å²) in [6.07, 6.45) is 0. The molecule has 1 aliphatic rings. The van der Waals surface area contributed by atoms with Crippen LogP contribution < -0.4 is 4.90 Å². The van der Waals surface area contributed by atoms with Crippen molar-refractivity contribution in [3.63, 3.8) is 0 Å². The van der Waals surface area contributed by atoms with Crippen molar-refractivity contribution >= 4 is 17.5 Å². The molecule has 0 unspecified atom stereocenters. The maximum atomic E-state index is 11.6. The van der Waals surface area contributed by atoms with Gasteiger partial charge in [0.05, 0.1) is 26.2 Å². The highest BCUT2D eigenvalue weighted by Gasteiger charge is 2.27. The molecule has 1 aromatic rings. The van der Waals surface area contributed by atoms with Crippen LogP contribution in [-0.4, -0.2) is 42.9 Å². The summed E-state index contributed by atoms with van der Waals surface area (Å²) in [6.45, 7) is 10.2. The van der Waals surface area contributed by atoms with Crippen molar-refractivity contribution in [2.24, 2.45) is 0 Å². The van der Waals surface area contributed by atoms with Crippen LogP contribution in [0.15, 0.2) is 18.2 Å². The highest BCUT2D eigenvalue weighted by Crippen LogP contribution is 2.16. The minimum Gasteiger partial charge on any atom is -0.330 e. The van der Waals surface area contributed by atoms with Gasteiger partial charge in [0.15, 0.2) is 0 Å². The molecule has 1 amide bonds. The molecule has 1 saturated heterocycles. The van der Waals surface area contributed by atoms with Gasteiger partial charge in [0.1, 0.15) is 11.9 Å². The molecule has 20 heavy (non-hydrogen) atoms. The standard InChI is InChI=1S/C16H23ClN2O/c1-12-4-5-15(13(2)10-12)14(3)18-6-8-19(9-7-18)16(20)11-17/h4-5,10,14H,6-9,11H2,1-3H3/p+1/t14-/m1/s1. The second-order valence-corrected chi connectivity index (χ2v) is 6.02. The molecule has 1 N–H and O–H groups in total. The van der Waals surface area contributed by atoms with Gasteiger partial charge < -0.3 is 9.80 Å². The van der Waals surface area contributed by atoms with Crippen molar-refractivity contribution in [1.29, 1.82) is 0 Å². The van der Waals surface area contributed by atoms with Crippen molar-refractivity contribution in [1.82, 2.24) is 4.90 Å².